The van der Waals surface area contributed by atoms with Crippen molar-refractivity contribution in [2.45, 2.75) is 25.3 Å². The molecule has 1 atom stereocenters. The lowest BCUT2D eigenvalue weighted by Crippen LogP contribution is -2.47. The highest BCUT2D eigenvalue weighted by Gasteiger charge is 2.32. The van der Waals surface area contributed by atoms with Crippen molar-refractivity contribution in [3.8, 4) is 11.5 Å². The van der Waals surface area contributed by atoms with Gasteiger partial charge in [0.1, 0.15) is 5.69 Å². The van der Waals surface area contributed by atoms with Crippen LogP contribution in [0.5, 0.6) is 11.5 Å². The zero-order valence-corrected chi connectivity index (χ0v) is 21.4. The van der Waals surface area contributed by atoms with Crippen LogP contribution in [0.4, 0.5) is 0 Å². The molecule has 0 aliphatic carbocycles. The number of likely N-dealkylation sites (N-methyl/N-ethyl adjacent to an activating group) is 1. The lowest BCUT2D eigenvalue weighted by atomic mass is 9.85. The minimum absolute atomic E-state index is 0.0220. The Morgan fingerprint density at radius 1 is 1.19 bits per heavy atom. The maximum absolute atomic E-state index is 13.2. The molecule has 7 nitrogen and oxygen atoms in total. The van der Waals surface area contributed by atoms with Crippen molar-refractivity contribution < 1.29 is 14.6 Å². The zero-order chi connectivity index (χ0) is 25.5. The van der Waals surface area contributed by atoms with E-state index in [1.807, 2.05) is 43.4 Å². The van der Waals surface area contributed by atoms with Gasteiger partial charge in [-0.05, 0) is 67.6 Å². The van der Waals surface area contributed by atoms with Gasteiger partial charge < -0.3 is 14.7 Å². The minimum atomic E-state index is -0.0220. The van der Waals surface area contributed by atoms with Crippen LogP contribution in [0.1, 0.15) is 34.5 Å². The fourth-order valence-electron chi connectivity index (χ4n) is 4.99. The maximum atomic E-state index is 13.2. The largest absolute Gasteiger partial charge is 0.504 e. The predicted molar refractivity (Wildman–Crippen MR) is 142 cm³/mol. The number of piperidine rings is 1. The number of phenols is 1. The molecule has 3 aromatic rings. The number of likely N-dealkylation sites (tertiary alicyclic amines) is 1. The van der Waals surface area contributed by atoms with Crippen LogP contribution in [-0.2, 0) is 13.5 Å². The van der Waals surface area contributed by atoms with E-state index in [9.17, 15) is 9.90 Å². The van der Waals surface area contributed by atoms with Crippen molar-refractivity contribution in [3.05, 3.63) is 83.7 Å². The summed E-state index contributed by atoms with van der Waals surface area (Å²) >= 11 is 0. The summed E-state index contributed by atoms with van der Waals surface area (Å²) in [5.41, 5.74) is 2.74. The summed E-state index contributed by atoms with van der Waals surface area (Å²) in [4.78, 5) is 17.6. The second-order valence-corrected chi connectivity index (χ2v) is 9.52. The first-order valence-corrected chi connectivity index (χ1v) is 12.5. The molecule has 0 spiro atoms. The van der Waals surface area contributed by atoms with Crippen LogP contribution in [0.2, 0.25) is 0 Å². The highest BCUT2D eigenvalue weighted by Crippen LogP contribution is 2.28. The molecule has 2 aromatic carbocycles. The SMILES string of the molecule is COc1cc(/C=C/CN2CCC(C(Cc3ccccc3)N(C)C(=O)c3ccn(C)n3)CC2)ccc1O. The number of aryl methyl sites for hydroxylation is 1. The average molecular weight is 489 g/mol. The first kappa shape index (κ1) is 25.5. The van der Waals surface area contributed by atoms with Gasteiger partial charge in [-0.3, -0.25) is 14.4 Å². The molecule has 2 heterocycles. The van der Waals surface area contributed by atoms with Crippen molar-refractivity contribution in [1.82, 2.24) is 19.6 Å². The number of aromatic hydroxyl groups is 1. The lowest BCUT2D eigenvalue weighted by molar-refractivity contribution is 0.0592. The van der Waals surface area contributed by atoms with E-state index >= 15 is 0 Å². The number of nitrogens with zero attached hydrogens (tertiary/aromatic N) is 4. The first-order valence-electron chi connectivity index (χ1n) is 12.5. The number of carbonyl (C=O) groups is 1. The summed E-state index contributed by atoms with van der Waals surface area (Å²) in [7, 11) is 5.31. The number of hydrogen-bond donors (Lipinski definition) is 1. The van der Waals surface area contributed by atoms with Gasteiger partial charge in [0.2, 0.25) is 0 Å². The van der Waals surface area contributed by atoms with E-state index < -0.39 is 0 Å². The number of aromatic nitrogens is 2. The number of rotatable bonds is 9. The fourth-order valence-corrected chi connectivity index (χ4v) is 4.99. The summed E-state index contributed by atoms with van der Waals surface area (Å²) in [6.07, 6.45) is 8.95. The molecular formula is C29H36N4O3. The van der Waals surface area contributed by atoms with E-state index in [0.29, 0.717) is 17.4 Å². The second-order valence-electron chi connectivity index (χ2n) is 9.52. The number of methoxy groups -OCH3 is 1. The highest BCUT2D eigenvalue weighted by molar-refractivity contribution is 5.92. The van der Waals surface area contributed by atoms with Crippen molar-refractivity contribution >= 4 is 12.0 Å². The first-order chi connectivity index (χ1) is 17.4. The Labute approximate surface area is 213 Å². The zero-order valence-electron chi connectivity index (χ0n) is 21.4. The Morgan fingerprint density at radius 2 is 1.94 bits per heavy atom. The lowest BCUT2D eigenvalue weighted by Gasteiger charge is -2.39. The summed E-state index contributed by atoms with van der Waals surface area (Å²) < 4.78 is 6.87. The normalized spacial score (nSPS) is 15.8. The van der Waals surface area contributed by atoms with Crippen LogP contribution >= 0.6 is 0 Å². The Balaban J connectivity index is 1.39. The third-order valence-electron chi connectivity index (χ3n) is 7.09. The molecule has 0 saturated carbocycles. The van der Waals surface area contributed by atoms with Gasteiger partial charge in [-0.15, -0.1) is 0 Å². The van der Waals surface area contributed by atoms with Gasteiger partial charge in [0.15, 0.2) is 11.5 Å². The van der Waals surface area contributed by atoms with E-state index in [0.717, 1.165) is 44.5 Å². The molecule has 36 heavy (non-hydrogen) atoms. The molecule has 1 N–H and O–H groups in total. The molecule has 1 amide bonds. The molecule has 1 unspecified atom stereocenters. The van der Waals surface area contributed by atoms with Crippen molar-refractivity contribution in [2.75, 3.05) is 33.8 Å². The van der Waals surface area contributed by atoms with Crippen molar-refractivity contribution in [3.63, 3.8) is 0 Å². The average Bonchev–Trinajstić information content (AvgIpc) is 3.34. The molecule has 1 aliphatic rings. The summed E-state index contributed by atoms with van der Waals surface area (Å²) in [5, 5.41) is 14.1. The number of amides is 1. The second kappa shape index (κ2) is 11.9. The quantitative estimate of drug-likeness (QED) is 0.488. The topological polar surface area (TPSA) is 70.8 Å². The maximum Gasteiger partial charge on any atom is 0.274 e. The van der Waals surface area contributed by atoms with E-state index in [4.69, 9.17) is 4.74 Å². The predicted octanol–water partition coefficient (Wildman–Crippen LogP) is 4.24. The number of hydrogen-bond acceptors (Lipinski definition) is 5. The van der Waals surface area contributed by atoms with Crippen molar-refractivity contribution in [1.29, 1.82) is 0 Å². The van der Waals surface area contributed by atoms with Gasteiger partial charge in [-0.25, -0.2) is 0 Å². The number of ether oxygens (including phenoxy) is 1. The van der Waals surface area contributed by atoms with Gasteiger partial charge in [-0.1, -0.05) is 48.6 Å². The van der Waals surface area contributed by atoms with E-state index in [1.165, 1.54) is 5.56 Å². The van der Waals surface area contributed by atoms with Crippen LogP contribution < -0.4 is 4.74 Å². The minimum Gasteiger partial charge on any atom is -0.504 e. The van der Waals surface area contributed by atoms with Gasteiger partial charge >= 0.3 is 0 Å². The van der Waals surface area contributed by atoms with Crippen molar-refractivity contribution in [2.24, 2.45) is 13.0 Å². The molecule has 1 fully saturated rings. The Bertz CT molecular complexity index is 1170. The van der Waals surface area contributed by atoms with E-state index in [1.54, 1.807) is 23.9 Å². The summed E-state index contributed by atoms with van der Waals surface area (Å²) in [5.74, 6) is 1.02. The van der Waals surface area contributed by atoms with Crippen LogP contribution in [0.15, 0.2) is 66.9 Å². The third-order valence-corrected chi connectivity index (χ3v) is 7.09. The van der Waals surface area contributed by atoms with Gasteiger partial charge in [0.25, 0.3) is 5.91 Å². The molecule has 0 bridgehead atoms. The van der Waals surface area contributed by atoms with E-state index in [2.05, 4.69) is 46.4 Å². The molecule has 1 saturated heterocycles. The third kappa shape index (κ3) is 6.34. The molecule has 4 rings (SSSR count). The number of carbonyl (C=O) groups excluding carboxylic acids is 1. The number of benzene rings is 2. The highest BCUT2D eigenvalue weighted by atomic mass is 16.5. The molecule has 0 radical (unpaired) electrons. The summed E-state index contributed by atoms with van der Waals surface area (Å²) in [6, 6.07) is 17.7. The van der Waals surface area contributed by atoms with Gasteiger partial charge in [-0.2, -0.15) is 5.10 Å². The van der Waals surface area contributed by atoms with Gasteiger partial charge in [0, 0.05) is 32.9 Å². The molecule has 190 valence electrons. The van der Waals surface area contributed by atoms with Gasteiger partial charge in [0.05, 0.1) is 7.11 Å². The Morgan fingerprint density at radius 3 is 2.61 bits per heavy atom. The van der Waals surface area contributed by atoms with Crippen LogP contribution in [0.3, 0.4) is 0 Å². The standard InChI is InChI=1S/C29H36N4O3/c1-31-17-15-25(30-31)29(35)32(2)26(20-22-8-5-4-6-9-22)24-13-18-33(19-14-24)16-7-10-23-11-12-27(34)28(21-23)36-3/h4-12,15,17,21,24,26,34H,13-14,16,18-20H2,1-3H3/b10-7+. The van der Waals surface area contributed by atoms with E-state index in [-0.39, 0.29) is 17.7 Å². The monoisotopic (exact) mass is 488 g/mol. The molecule has 1 aliphatic heterocycles. The van der Waals surface area contributed by atoms with Crippen LogP contribution in [0.25, 0.3) is 6.08 Å². The smallest absolute Gasteiger partial charge is 0.274 e. The molecule has 7 heteroatoms. The molecule has 1 aromatic heterocycles. The Kier molecular flexibility index (Phi) is 8.44. The fraction of sp³-hybridized carbons (Fsp3) is 0.379. The van der Waals surface area contributed by atoms with Crippen LogP contribution in [-0.4, -0.2) is 70.4 Å². The van der Waals surface area contributed by atoms with Crippen LogP contribution in [0, 0.1) is 5.92 Å². The molecular weight excluding hydrogens is 452 g/mol. The summed E-state index contributed by atoms with van der Waals surface area (Å²) in [6.45, 7) is 2.84. The number of phenolic OH excluding ortho intramolecular Hbond substituents is 1. The Hall–Kier alpha value is -3.58.